The third-order valence-electron chi connectivity index (χ3n) is 5.26. The molecule has 0 aromatic carbocycles. The fourth-order valence-corrected chi connectivity index (χ4v) is 3.86. The van der Waals surface area contributed by atoms with Crippen LogP contribution in [0.4, 0.5) is 0 Å². The molecule has 5 heteroatoms. The molecule has 1 saturated carbocycles. The highest BCUT2D eigenvalue weighted by molar-refractivity contribution is 5.66. The molecule has 5 nitrogen and oxygen atoms in total. The number of carboxylic acid groups (broad SMARTS) is 1. The van der Waals surface area contributed by atoms with Crippen LogP contribution < -0.4 is 0 Å². The van der Waals surface area contributed by atoms with Gasteiger partial charge in [-0.1, -0.05) is 38.3 Å². The largest absolute Gasteiger partial charge is 0.495 e. The first-order chi connectivity index (χ1) is 12.0. The molecular formula is C20H32O5. The van der Waals surface area contributed by atoms with Crippen molar-refractivity contribution in [3.63, 3.8) is 0 Å². The summed E-state index contributed by atoms with van der Waals surface area (Å²) in [5.41, 5.74) is 0. The molecule has 1 heterocycles. The van der Waals surface area contributed by atoms with E-state index >= 15 is 0 Å². The van der Waals surface area contributed by atoms with Gasteiger partial charge >= 0.3 is 5.97 Å². The lowest BCUT2D eigenvalue weighted by Gasteiger charge is -2.16. The van der Waals surface area contributed by atoms with Gasteiger partial charge in [0.25, 0.3) is 0 Å². The average molecular weight is 352 g/mol. The number of unbranched alkanes of at least 4 members (excludes halogenated alkanes) is 3. The number of aliphatic carboxylic acids is 1. The molecule has 0 bridgehead atoms. The second kappa shape index (κ2) is 9.97. The first kappa shape index (κ1) is 20.0. The summed E-state index contributed by atoms with van der Waals surface area (Å²) in [6.07, 6.45) is 12.0. The van der Waals surface area contributed by atoms with E-state index in [1.165, 1.54) is 0 Å². The Morgan fingerprint density at radius 1 is 1.36 bits per heavy atom. The van der Waals surface area contributed by atoms with Crippen molar-refractivity contribution in [2.24, 2.45) is 11.8 Å². The van der Waals surface area contributed by atoms with E-state index in [-0.39, 0.29) is 24.4 Å². The van der Waals surface area contributed by atoms with Gasteiger partial charge in [0.2, 0.25) is 0 Å². The number of fused-ring (bicyclic) bond motifs is 1. The van der Waals surface area contributed by atoms with Crippen LogP contribution >= 0.6 is 0 Å². The Hall–Kier alpha value is -1.33. The van der Waals surface area contributed by atoms with Crippen LogP contribution in [0.2, 0.25) is 0 Å². The zero-order chi connectivity index (χ0) is 18.2. The SMILES string of the molecule is CCCCC[C@H](O)/C=C/[C@H]1C(O)C[C@@H]2O/C(=C\CCCC(=O)O)C[C@@H]21. The molecule has 0 amide bonds. The molecule has 0 aromatic rings. The number of carboxylic acids is 1. The van der Waals surface area contributed by atoms with Crippen molar-refractivity contribution in [1.82, 2.24) is 0 Å². The predicted molar refractivity (Wildman–Crippen MR) is 96.0 cm³/mol. The smallest absolute Gasteiger partial charge is 0.303 e. The first-order valence-electron chi connectivity index (χ1n) is 9.63. The number of carbonyl (C=O) groups is 1. The molecular weight excluding hydrogens is 320 g/mol. The van der Waals surface area contributed by atoms with E-state index in [4.69, 9.17) is 9.84 Å². The Morgan fingerprint density at radius 2 is 2.16 bits per heavy atom. The third kappa shape index (κ3) is 6.15. The Balaban J connectivity index is 1.83. The van der Waals surface area contributed by atoms with Crippen molar-refractivity contribution in [2.45, 2.75) is 83.0 Å². The number of allylic oxidation sites excluding steroid dienone is 2. The number of hydrogen-bond acceptors (Lipinski definition) is 4. The van der Waals surface area contributed by atoms with Gasteiger partial charge in [-0.15, -0.1) is 0 Å². The average Bonchev–Trinajstić information content (AvgIpc) is 3.06. The van der Waals surface area contributed by atoms with Crippen molar-refractivity contribution in [3.8, 4) is 0 Å². The topological polar surface area (TPSA) is 87.0 Å². The minimum Gasteiger partial charge on any atom is -0.495 e. The third-order valence-corrected chi connectivity index (χ3v) is 5.26. The van der Waals surface area contributed by atoms with Crippen LogP contribution in [0.5, 0.6) is 0 Å². The summed E-state index contributed by atoms with van der Waals surface area (Å²) in [5.74, 6) is 0.429. The number of aliphatic hydroxyl groups is 2. The number of hydrogen-bond donors (Lipinski definition) is 3. The molecule has 1 aliphatic carbocycles. The van der Waals surface area contributed by atoms with Crippen LogP contribution in [0.25, 0.3) is 0 Å². The molecule has 0 aromatic heterocycles. The van der Waals surface area contributed by atoms with E-state index in [9.17, 15) is 15.0 Å². The molecule has 25 heavy (non-hydrogen) atoms. The summed E-state index contributed by atoms with van der Waals surface area (Å²) in [6, 6.07) is 0. The molecule has 2 aliphatic rings. The Morgan fingerprint density at radius 3 is 2.88 bits per heavy atom. The maximum atomic E-state index is 10.5. The van der Waals surface area contributed by atoms with Gasteiger partial charge in [-0.3, -0.25) is 4.79 Å². The summed E-state index contributed by atoms with van der Waals surface area (Å²) in [4.78, 5) is 10.5. The maximum absolute atomic E-state index is 10.5. The molecule has 1 saturated heterocycles. The van der Waals surface area contributed by atoms with Gasteiger partial charge in [0.05, 0.1) is 18.0 Å². The summed E-state index contributed by atoms with van der Waals surface area (Å²) < 4.78 is 5.94. The predicted octanol–water partition coefficient (Wildman–Crippen LogP) is 3.41. The number of ether oxygens (including phenoxy) is 1. The Kier molecular flexibility index (Phi) is 7.97. The lowest BCUT2D eigenvalue weighted by Crippen LogP contribution is -2.18. The minimum atomic E-state index is -0.770. The highest BCUT2D eigenvalue weighted by atomic mass is 16.5. The standard InChI is InChI=1S/C20H32O5/c1-2-3-4-7-14(21)10-11-16-17-12-15(8-5-6-9-20(23)24)25-19(17)13-18(16)22/h8,10-11,14,16-19,21-22H,2-7,9,12-13H2,1H3,(H,23,24)/b11-10+,15-8-/t14-,16+,17+,18?,19-/m0/s1. The van der Waals surface area contributed by atoms with E-state index in [2.05, 4.69) is 6.92 Å². The van der Waals surface area contributed by atoms with Crippen LogP contribution in [-0.4, -0.2) is 39.6 Å². The minimum absolute atomic E-state index is 0.0238. The van der Waals surface area contributed by atoms with Crippen LogP contribution in [-0.2, 0) is 9.53 Å². The van der Waals surface area contributed by atoms with Crippen molar-refractivity contribution in [2.75, 3.05) is 0 Å². The van der Waals surface area contributed by atoms with Crippen LogP contribution in [0.3, 0.4) is 0 Å². The molecule has 3 N–H and O–H groups in total. The molecule has 1 aliphatic heterocycles. The zero-order valence-corrected chi connectivity index (χ0v) is 15.1. The normalized spacial score (nSPS) is 31.4. The number of aliphatic hydroxyl groups excluding tert-OH is 2. The van der Waals surface area contributed by atoms with E-state index in [1.807, 2.05) is 18.2 Å². The zero-order valence-electron chi connectivity index (χ0n) is 15.1. The summed E-state index contributed by atoms with van der Waals surface area (Å²) in [7, 11) is 0. The van der Waals surface area contributed by atoms with E-state index < -0.39 is 18.2 Å². The van der Waals surface area contributed by atoms with Crippen molar-refractivity contribution >= 4 is 5.97 Å². The summed E-state index contributed by atoms with van der Waals surface area (Å²) in [5, 5.41) is 29.0. The molecule has 0 spiro atoms. The van der Waals surface area contributed by atoms with Gasteiger partial charge in [-0.2, -0.15) is 0 Å². The van der Waals surface area contributed by atoms with Gasteiger partial charge < -0.3 is 20.1 Å². The van der Waals surface area contributed by atoms with Crippen molar-refractivity contribution < 1.29 is 24.9 Å². The lowest BCUT2D eigenvalue weighted by molar-refractivity contribution is -0.137. The fourth-order valence-electron chi connectivity index (χ4n) is 3.86. The number of rotatable bonds is 10. The van der Waals surface area contributed by atoms with Gasteiger partial charge in [0.1, 0.15) is 6.10 Å². The molecule has 2 fully saturated rings. The molecule has 2 rings (SSSR count). The van der Waals surface area contributed by atoms with Gasteiger partial charge in [0.15, 0.2) is 0 Å². The van der Waals surface area contributed by atoms with Gasteiger partial charge in [-0.05, 0) is 25.3 Å². The summed E-state index contributed by atoms with van der Waals surface area (Å²) >= 11 is 0. The lowest BCUT2D eigenvalue weighted by atomic mass is 9.90. The molecule has 5 atom stereocenters. The van der Waals surface area contributed by atoms with E-state index in [0.29, 0.717) is 19.3 Å². The summed E-state index contributed by atoms with van der Waals surface area (Å²) in [6.45, 7) is 2.14. The van der Waals surface area contributed by atoms with Crippen LogP contribution in [0.1, 0.15) is 64.7 Å². The highest BCUT2D eigenvalue weighted by Crippen LogP contribution is 2.45. The Bertz CT molecular complexity index is 484. The van der Waals surface area contributed by atoms with Gasteiger partial charge in [-0.25, -0.2) is 0 Å². The Labute approximate surface area is 150 Å². The second-order valence-electron chi connectivity index (χ2n) is 7.31. The van der Waals surface area contributed by atoms with Crippen LogP contribution in [0, 0.1) is 11.8 Å². The quantitative estimate of drug-likeness (QED) is 0.414. The van der Waals surface area contributed by atoms with Crippen molar-refractivity contribution in [1.29, 1.82) is 0 Å². The molecule has 0 radical (unpaired) electrons. The maximum Gasteiger partial charge on any atom is 0.303 e. The van der Waals surface area contributed by atoms with E-state index in [1.54, 1.807) is 0 Å². The molecule has 1 unspecified atom stereocenters. The second-order valence-corrected chi connectivity index (χ2v) is 7.31. The highest BCUT2D eigenvalue weighted by Gasteiger charge is 2.46. The van der Waals surface area contributed by atoms with Crippen LogP contribution in [0.15, 0.2) is 24.0 Å². The molecule has 142 valence electrons. The van der Waals surface area contributed by atoms with E-state index in [0.717, 1.165) is 37.9 Å². The fraction of sp³-hybridized carbons (Fsp3) is 0.750. The van der Waals surface area contributed by atoms with Crippen molar-refractivity contribution in [3.05, 3.63) is 24.0 Å². The monoisotopic (exact) mass is 352 g/mol. The first-order valence-corrected chi connectivity index (χ1v) is 9.63. The van der Waals surface area contributed by atoms with Gasteiger partial charge in [0, 0.05) is 31.1 Å².